The smallest absolute Gasteiger partial charge is 0.166 e. The number of hydrogen-bond acceptors (Lipinski definition) is 3. The molecule has 1 aliphatic heterocycles. The molecule has 0 N–H and O–H groups in total. The summed E-state index contributed by atoms with van der Waals surface area (Å²) in [6.07, 6.45) is 1.44. The summed E-state index contributed by atoms with van der Waals surface area (Å²) < 4.78 is 5.53. The average molecular weight is 275 g/mol. The highest BCUT2D eigenvalue weighted by molar-refractivity contribution is 5.97. The topological polar surface area (TPSA) is 29.5 Å². The van der Waals surface area contributed by atoms with E-state index in [9.17, 15) is 4.79 Å². The summed E-state index contributed by atoms with van der Waals surface area (Å²) in [5, 5.41) is 0. The van der Waals surface area contributed by atoms with E-state index in [2.05, 4.69) is 11.8 Å². The Kier molecular flexibility index (Phi) is 5.32. The Labute approximate surface area is 121 Å². The second kappa shape index (κ2) is 7.00. The molecule has 110 valence electrons. The summed E-state index contributed by atoms with van der Waals surface area (Å²) in [7, 11) is 1.78. The maximum Gasteiger partial charge on any atom is 0.166 e. The molecule has 0 aliphatic carbocycles. The summed E-state index contributed by atoms with van der Waals surface area (Å²) in [5.41, 5.74) is 0.814. The first kappa shape index (κ1) is 15.2. The van der Waals surface area contributed by atoms with Crippen molar-refractivity contribution in [1.82, 2.24) is 4.90 Å². The Balaban J connectivity index is 1.91. The van der Waals surface area contributed by atoms with Crippen molar-refractivity contribution in [3.8, 4) is 0 Å². The number of Topliss-reactive ketones (excluding diaryl/α,β-unsaturated/α-hetero) is 1. The molecule has 0 aromatic heterocycles. The van der Waals surface area contributed by atoms with Crippen molar-refractivity contribution in [2.45, 2.75) is 26.4 Å². The summed E-state index contributed by atoms with van der Waals surface area (Å²) >= 11 is 0. The largest absolute Gasteiger partial charge is 0.380 e. The highest BCUT2D eigenvalue weighted by atomic mass is 16.5. The molecule has 0 amide bonds. The predicted molar refractivity (Wildman–Crippen MR) is 81.0 cm³/mol. The van der Waals surface area contributed by atoms with Crippen LogP contribution in [-0.4, -0.2) is 43.5 Å². The third kappa shape index (κ3) is 3.68. The van der Waals surface area contributed by atoms with Gasteiger partial charge in [-0.25, -0.2) is 0 Å². The first-order valence-corrected chi connectivity index (χ1v) is 7.46. The normalized spacial score (nSPS) is 25.4. The summed E-state index contributed by atoms with van der Waals surface area (Å²) in [6, 6.07) is 9.58. The van der Waals surface area contributed by atoms with E-state index in [1.54, 1.807) is 7.11 Å². The fourth-order valence-corrected chi connectivity index (χ4v) is 2.93. The van der Waals surface area contributed by atoms with E-state index < -0.39 is 0 Å². The molecular weight excluding hydrogens is 250 g/mol. The molecule has 1 aliphatic rings. The minimum absolute atomic E-state index is 0.0308. The fraction of sp³-hybridized carbons (Fsp3) is 0.588. The Hall–Kier alpha value is -1.19. The van der Waals surface area contributed by atoms with E-state index in [-0.39, 0.29) is 11.7 Å². The standard InChI is InChI=1S/C17H25NO2/c1-13-9-10-18(12-16(13)20-3)11-14(2)17(19)15-7-5-4-6-8-15/h4-8,13-14,16H,9-12H2,1-3H3. The van der Waals surface area contributed by atoms with Gasteiger partial charge in [0, 0.05) is 31.7 Å². The number of nitrogens with zero attached hydrogens (tertiary/aromatic N) is 1. The van der Waals surface area contributed by atoms with Crippen molar-refractivity contribution >= 4 is 5.78 Å². The van der Waals surface area contributed by atoms with E-state index in [0.29, 0.717) is 12.0 Å². The third-order valence-corrected chi connectivity index (χ3v) is 4.31. The van der Waals surface area contributed by atoms with Crippen molar-refractivity contribution in [3.05, 3.63) is 35.9 Å². The van der Waals surface area contributed by atoms with E-state index >= 15 is 0 Å². The van der Waals surface area contributed by atoms with Crippen LogP contribution in [0, 0.1) is 11.8 Å². The van der Waals surface area contributed by atoms with Crippen molar-refractivity contribution < 1.29 is 9.53 Å². The molecule has 20 heavy (non-hydrogen) atoms. The van der Waals surface area contributed by atoms with E-state index in [0.717, 1.165) is 31.6 Å². The molecule has 2 rings (SSSR count). The van der Waals surface area contributed by atoms with Crippen LogP contribution >= 0.6 is 0 Å². The van der Waals surface area contributed by atoms with Crippen molar-refractivity contribution in [1.29, 1.82) is 0 Å². The minimum Gasteiger partial charge on any atom is -0.380 e. The lowest BCUT2D eigenvalue weighted by Gasteiger charge is -2.37. The highest BCUT2D eigenvalue weighted by Crippen LogP contribution is 2.21. The average Bonchev–Trinajstić information content (AvgIpc) is 2.49. The second-order valence-corrected chi connectivity index (χ2v) is 5.93. The third-order valence-electron chi connectivity index (χ3n) is 4.31. The second-order valence-electron chi connectivity index (χ2n) is 5.93. The van der Waals surface area contributed by atoms with E-state index in [1.807, 2.05) is 37.3 Å². The summed E-state index contributed by atoms with van der Waals surface area (Å²) in [6.45, 7) is 7.08. The molecule has 3 atom stereocenters. The first-order chi connectivity index (χ1) is 9.61. The first-order valence-electron chi connectivity index (χ1n) is 7.46. The van der Waals surface area contributed by atoms with Gasteiger partial charge in [-0.15, -0.1) is 0 Å². The lowest BCUT2D eigenvalue weighted by atomic mass is 9.93. The van der Waals surface area contributed by atoms with Crippen LogP contribution in [0.25, 0.3) is 0 Å². The Morgan fingerprint density at radius 3 is 2.75 bits per heavy atom. The summed E-state index contributed by atoms with van der Waals surface area (Å²) in [5.74, 6) is 0.873. The number of benzene rings is 1. The van der Waals surface area contributed by atoms with Gasteiger partial charge in [-0.2, -0.15) is 0 Å². The van der Waals surface area contributed by atoms with Gasteiger partial charge in [0.15, 0.2) is 5.78 Å². The van der Waals surface area contributed by atoms with Gasteiger partial charge in [0.1, 0.15) is 0 Å². The van der Waals surface area contributed by atoms with Crippen LogP contribution in [0.1, 0.15) is 30.6 Å². The van der Waals surface area contributed by atoms with Gasteiger partial charge in [0.25, 0.3) is 0 Å². The van der Waals surface area contributed by atoms with Crippen LogP contribution in [-0.2, 0) is 4.74 Å². The zero-order valence-corrected chi connectivity index (χ0v) is 12.7. The van der Waals surface area contributed by atoms with Crippen LogP contribution < -0.4 is 0 Å². The number of carbonyl (C=O) groups excluding carboxylic acids is 1. The van der Waals surface area contributed by atoms with E-state index in [4.69, 9.17) is 4.74 Å². The number of ether oxygens (including phenoxy) is 1. The molecule has 0 spiro atoms. The zero-order valence-electron chi connectivity index (χ0n) is 12.7. The molecule has 1 fully saturated rings. The molecule has 0 radical (unpaired) electrons. The molecule has 1 saturated heterocycles. The predicted octanol–water partition coefficient (Wildman–Crippen LogP) is 2.86. The number of rotatable bonds is 5. The van der Waals surface area contributed by atoms with Crippen LogP contribution in [0.5, 0.6) is 0 Å². The SMILES string of the molecule is COC1CN(CC(C)C(=O)c2ccccc2)CCC1C. The number of piperidine rings is 1. The Bertz CT molecular complexity index is 432. The van der Waals surface area contributed by atoms with Crippen molar-refractivity contribution in [3.63, 3.8) is 0 Å². The highest BCUT2D eigenvalue weighted by Gasteiger charge is 2.28. The molecule has 1 aromatic carbocycles. The maximum absolute atomic E-state index is 12.4. The Morgan fingerprint density at radius 1 is 1.40 bits per heavy atom. The van der Waals surface area contributed by atoms with Crippen molar-refractivity contribution in [2.24, 2.45) is 11.8 Å². The quantitative estimate of drug-likeness (QED) is 0.774. The zero-order chi connectivity index (χ0) is 14.5. The molecule has 1 heterocycles. The van der Waals surface area contributed by atoms with Gasteiger partial charge in [-0.05, 0) is 18.9 Å². The minimum atomic E-state index is 0.0308. The monoisotopic (exact) mass is 275 g/mol. The lowest BCUT2D eigenvalue weighted by molar-refractivity contribution is -0.00796. The molecule has 1 aromatic rings. The van der Waals surface area contributed by atoms with Crippen LogP contribution in [0.2, 0.25) is 0 Å². The number of methoxy groups -OCH3 is 1. The number of carbonyl (C=O) groups is 1. The fourth-order valence-electron chi connectivity index (χ4n) is 2.93. The van der Waals surface area contributed by atoms with Crippen molar-refractivity contribution in [2.75, 3.05) is 26.7 Å². The number of likely N-dealkylation sites (tertiary alicyclic amines) is 1. The molecule has 0 bridgehead atoms. The Morgan fingerprint density at radius 2 is 2.10 bits per heavy atom. The summed E-state index contributed by atoms with van der Waals surface area (Å²) in [4.78, 5) is 14.7. The molecule has 3 heteroatoms. The molecule has 0 saturated carbocycles. The van der Waals surface area contributed by atoms with Gasteiger partial charge in [-0.3, -0.25) is 4.79 Å². The van der Waals surface area contributed by atoms with Crippen LogP contribution in [0.3, 0.4) is 0 Å². The van der Waals surface area contributed by atoms with Gasteiger partial charge >= 0.3 is 0 Å². The number of hydrogen-bond donors (Lipinski definition) is 0. The van der Waals surface area contributed by atoms with Gasteiger partial charge in [0.2, 0.25) is 0 Å². The molecular formula is C17H25NO2. The van der Waals surface area contributed by atoms with Gasteiger partial charge in [0.05, 0.1) is 6.10 Å². The lowest BCUT2D eigenvalue weighted by Crippen LogP contribution is -2.46. The van der Waals surface area contributed by atoms with Gasteiger partial charge in [-0.1, -0.05) is 44.2 Å². The maximum atomic E-state index is 12.4. The van der Waals surface area contributed by atoms with Crippen LogP contribution in [0.4, 0.5) is 0 Å². The molecule has 3 nitrogen and oxygen atoms in total. The van der Waals surface area contributed by atoms with Gasteiger partial charge < -0.3 is 9.64 Å². The molecule has 3 unspecified atom stereocenters. The van der Waals surface area contributed by atoms with Crippen LogP contribution in [0.15, 0.2) is 30.3 Å². The van der Waals surface area contributed by atoms with E-state index in [1.165, 1.54) is 0 Å². The number of ketones is 1.